The summed E-state index contributed by atoms with van der Waals surface area (Å²) in [5.41, 5.74) is 2.79. The standard InChI is InChI=1S/C7H6N2/c1-2-4-7-6(3-1)5-8-9-7/h1-5,8H/q+1. The second-order valence-corrected chi connectivity index (χ2v) is 1.94. The van der Waals surface area contributed by atoms with Gasteiger partial charge in [-0.1, -0.05) is 12.1 Å². The molecule has 1 aliphatic heterocycles. The number of hydrogen-bond donors (Lipinski definition) is 1. The Morgan fingerprint density at radius 3 is 3.00 bits per heavy atom. The lowest BCUT2D eigenvalue weighted by Gasteiger charge is -1.69. The first-order chi connectivity index (χ1) is 4.47. The molecule has 0 fully saturated rings. The molecule has 2 nitrogen and oxygen atoms in total. The SMILES string of the molecule is C1=c2ccccc2=[N+]N1. The maximum Gasteiger partial charge on any atom is 0.318 e. The van der Waals surface area contributed by atoms with E-state index in [-0.39, 0.29) is 0 Å². The van der Waals surface area contributed by atoms with E-state index >= 15 is 0 Å². The summed E-state index contributed by atoms with van der Waals surface area (Å²) >= 11 is 0. The molecule has 0 amide bonds. The molecule has 1 aliphatic rings. The number of nitrogens with one attached hydrogen (secondary N) is 1. The van der Waals surface area contributed by atoms with Gasteiger partial charge in [0.25, 0.3) is 0 Å². The van der Waals surface area contributed by atoms with E-state index in [0.717, 1.165) is 10.6 Å². The molecule has 1 N–H and O–H groups in total. The monoisotopic (exact) mass is 118 g/mol. The second-order valence-electron chi connectivity index (χ2n) is 1.94. The van der Waals surface area contributed by atoms with E-state index in [2.05, 4.69) is 10.5 Å². The normalized spacial score (nSPS) is 12.9. The molecule has 0 atom stereocenters. The number of fused-ring (bicyclic) bond motifs is 1. The highest BCUT2D eigenvalue weighted by Gasteiger charge is 2.01. The van der Waals surface area contributed by atoms with Crippen LogP contribution in [-0.2, 0) is 0 Å². The highest BCUT2D eigenvalue weighted by Crippen LogP contribution is 1.69. The van der Waals surface area contributed by atoms with Crippen LogP contribution in [0.25, 0.3) is 6.20 Å². The van der Waals surface area contributed by atoms with Crippen molar-refractivity contribution in [2.24, 2.45) is 0 Å². The molecule has 0 spiro atoms. The molecule has 2 heteroatoms. The summed E-state index contributed by atoms with van der Waals surface area (Å²) in [6, 6.07) is 7.98. The van der Waals surface area contributed by atoms with Crippen molar-refractivity contribution in [2.45, 2.75) is 0 Å². The van der Waals surface area contributed by atoms with Gasteiger partial charge in [0.05, 0.1) is 11.4 Å². The molecule has 0 bridgehead atoms. The first kappa shape index (κ1) is 4.56. The summed E-state index contributed by atoms with van der Waals surface area (Å²) in [4.78, 5) is 0. The van der Waals surface area contributed by atoms with Gasteiger partial charge in [0.15, 0.2) is 5.10 Å². The predicted molar refractivity (Wildman–Crippen MR) is 34.5 cm³/mol. The molecule has 0 saturated heterocycles. The maximum atomic E-state index is 3.99. The van der Waals surface area contributed by atoms with Gasteiger partial charge in [-0.25, -0.2) is 0 Å². The van der Waals surface area contributed by atoms with Gasteiger partial charge in [-0.15, -0.1) is 5.43 Å². The van der Waals surface area contributed by atoms with Crippen molar-refractivity contribution in [1.29, 1.82) is 0 Å². The Labute approximate surface area is 52.5 Å². The quantitative estimate of drug-likeness (QED) is 0.459. The zero-order chi connectivity index (χ0) is 6.10. The van der Waals surface area contributed by atoms with Gasteiger partial charge in [-0.05, 0) is 6.07 Å². The summed E-state index contributed by atoms with van der Waals surface area (Å²) < 4.78 is 0. The third-order valence-electron chi connectivity index (χ3n) is 1.34. The van der Waals surface area contributed by atoms with Crippen LogP contribution in [0, 0.1) is 0 Å². The Bertz CT molecular complexity index is 294. The lowest BCUT2D eigenvalue weighted by Crippen LogP contribution is -2.24. The van der Waals surface area contributed by atoms with Crippen LogP contribution in [0.15, 0.2) is 24.3 Å². The Hall–Kier alpha value is -1.31. The number of nitrogens with zero attached hydrogens (tertiary/aromatic N) is 1. The topological polar surface area (TPSA) is 26.1 Å². The Kier molecular flexibility index (Phi) is 0.803. The van der Waals surface area contributed by atoms with E-state index in [4.69, 9.17) is 0 Å². The molecule has 0 aromatic heterocycles. The molecule has 9 heavy (non-hydrogen) atoms. The van der Waals surface area contributed by atoms with Crippen LogP contribution in [-0.4, -0.2) is 0 Å². The average Bonchev–Trinajstić information content (AvgIpc) is 2.33. The molecule has 0 unspecified atom stereocenters. The molecular weight excluding hydrogens is 112 g/mol. The minimum Gasteiger partial charge on any atom is -0.107 e. The molecule has 1 aromatic carbocycles. The smallest absolute Gasteiger partial charge is 0.107 e. The minimum absolute atomic E-state index is 1.03. The molecule has 1 aromatic rings. The summed E-state index contributed by atoms with van der Waals surface area (Å²) in [5.74, 6) is 0. The Morgan fingerprint density at radius 1 is 1.22 bits per heavy atom. The van der Waals surface area contributed by atoms with Gasteiger partial charge < -0.3 is 0 Å². The zero-order valence-corrected chi connectivity index (χ0v) is 4.83. The van der Waals surface area contributed by atoms with Crippen LogP contribution in [0.2, 0.25) is 0 Å². The largest absolute Gasteiger partial charge is 0.318 e. The van der Waals surface area contributed by atoms with Crippen molar-refractivity contribution in [2.75, 3.05) is 0 Å². The van der Waals surface area contributed by atoms with E-state index < -0.39 is 0 Å². The first-order valence-corrected chi connectivity index (χ1v) is 2.85. The highest BCUT2D eigenvalue weighted by atomic mass is 15.3. The summed E-state index contributed by atoms with van der Waals surface area (Å²) in [6.45, 7) is 0. The lowest BCUT2D eigenvalue weighted by molar-refractivity contribution is 0.877. The van der Waals surface area contributed by atoms with Gasteiger partial charge in [0.1, 0.15) is 0 Å². The van der Waals surface area contributed by atoms with Crippen LogP contribution < -0.4 is 21.1 Å². The van der Waals surface area contributed by atoms with Crippen LogP contribution in [0.4, 0.5) is 0 Å². The molecule has 2 rings (SSSR count). The fourth-order valence-electron chi connectivity index (χ4n) is 0.883. The third-order valence-corrected chi connectivity index (χ3v) is 1.34. The van der Waals surface area contributed by atoms with Gasteiger partial charge in [-0.3, -0.25) is 0 Å². The third kappa shape index (κ3) is 0.598. The van der Waals surface area contributed by atoms with Gasteiger partial charge in [-0.2, -0.15) is 0 Å². The highest BCUT2D eigenvalue weighted by molar-refractivity contribution is 5.22. The molecule has 0 aliphatic carbocycles. The number of hydrogen-bond acceptors (Lipinski definition) is 2. The van der Waals surface area contributed by atoms with E-state index in [1.54, 1.807) is 0 Å². The van der Waals surface area contributed by atoms with Crippen molar-refractivity contribution in [3.8, 4) is 0 Å². The van der Waals surface area contributed by atoms with Crippen LogP contribution >= 0.6 is 0 Å². The average molecular weight is 118 g/mol. The van der Waals surface area contributed by atoms with Crippen molar-refractivity contribution in [3.63, 3.8) is 0 Å². The number of para-hydroxylation sites is 1. The minimum atomic E-state index is 1.03. The van der Waals surface area contributed by atoms with Crippen LogP contribution in [0.3, 0.4) is 0 Å². The molecule has 43 valence electrons. The zero-order valence-electron chi connectivity index (χ0n) is 4.83. The molecule has 1 radical (unpaired) electrons. The summed E-state index contributed by atoms with van der Waals surface area (Å²) in [6.07, 6.45) is 1.88. The van der Waals surface area contributed by atoms with Gasteiger partial charge >= 0.3 is 5.36 Å². The van der Waals surface area contributed by atoms with E-state index in [0.29, 0.717) is 0 Å². The Morgan fingerprint density at radius 2 is 2.11 bits per heavy atom. The maximum absolute atomic E-state index is 3.99. The molecule has 1 heterocycles. The van der Waals surface area contributed by atoms with E-state index in [1.165, 1.54) is 0 Å². The first-order valence-electron chi connectivity index (χ1n) is 2.85. The van der Waals surface area contributed by atoms with E-state index in [9.17, 15) is 0 Å². The van der Waals surface area contributed by atoms with Crippen molar-refractivity contribution < 1.29 is 0 Å². The lowest BCUT2D eigenvalue weighted by atomic mass is 10.3. The van der Waals surface area contributed by atoms with Gasteiger partial charge in [0, 0.05) is 6.07 Å². The van der Waals surface area contributed by atoms with Crippen molar-refractivity contribution >= 4 is 6.20 Å². The van der Waals surface area contributed by atoms with Crippen molar-refractivity contribution in [3.05, 3.63) is 34.8 Å². The van der Waals surface area contributed by atoms with E-state index in [1.807, 2.05) is 30.5 Å². The summed E-state index contributed by atoms with van der Waals surface area (Å²) in [5, 5.41) is 6.18. The van der Waals surface area contributed by atoms with Gasteiger partial charge in [0.2, 0.25) is 0 Å². The Balaban J connectivity index is 2.97. The fraction of sp³-hybridized carbons (Fsp3) is 0. The number of rotatable bonds is 0. The van der Waals surface area contributed by atoms with Crippen LogP contribution in [0.5, 0.6) is 0 Å². The second kappa shape index (κ2) is 1.58. The van der Waals surface area contributed by atoms with Crippen LogP contribution in [0.1, 0.15) is 0 Å². The van der Waals surface area contributed by atoms with Crippen molar-refractivity contribution in [1.82, 2.24) is 10.5 Å². The summed E-state index contributed by atoms with van der Waals surface area (Å²) in [7, 11) is 0. The predicted octanol–water partition coefficient (Wildman–Crippen LogP) is -1.10. The molecular formula is C7H6N2+. The number of benzene rings is 1. The fourth-order valence-corrected chi connectivity index (χ4v) is 0.883. The molecule has 0 saturated carbocycles.